The topological polar surface area (TPSA) is 66.0 Å². The average molecular weight is 371 g/mol. The summed E-state index contributed by atoms with van der Waals surface area (Å²) < 4.78 is 22.6. The standard InChI is InChI=1S/C21H25NO5/c1-5-10-27-16-9-7-6-8-13(16)14-11-18(23)22-15-12-17(24-2)20(25-3)21(26-4)19(14)15/h6-9,12,14H,5,10-11H2,1-4H3,(H,22,23)/t14-/m1/s1. The lowest BCUT2D eigenvalue weighted by molar-refractivity contribution is -0.116. The van der Waals surface area contributed by atoms with E-state index < -0.39 is 0 Å². The van der Waals surface area contributed by atoms with Gasteiger partial charge in [-0.15, -0.1) is 0 Å². The van der Waals surface area contributed by atoms with E-state index in [4.69, 9.17) is 18.9 Å². The van der Waals surface area contributed by atoms with Crippen molar-refractivity contribution in [3.8, 4) is 23.0 Å². The van der Waals surface area contributed by atoms with Gasteiger partial charge < -0.3 is 24.3 Å². The number of rotatable bonds is 7. The maximum atomic E-state index is 12.4. The molecule has 1 aliphatic heterocycles. The first-order valence-corrected chi connectivity index (χ1v) is 8.99. The molecule has 1 N–H and O–H groups in total. The highest BCUT2D eigenvalue weighted by atomic mass is 16.5. The van der Waals surface area contributed by atoms with Gasteiger partial charge in [-0.2, -0.15) is 0 Å². The minimum absolute atomic E-state index is 0.0629. The molecule has 6 heteroatoms. The van der Waals surface area contributed by atoms with Gasteiger partial charge in [0.05, 0.1) is 33.6 Å². The van der Waals surface area contributed by atoms with Crippen molar-refractivity contribution in [1.82, 2.24) is 0 Å². The minimum Gasteiger partial charge on any atom is -0.493 e. The number of carbonyl (C=O) groups excluding carboxylic acids is 1. The van der Waals surface area contributed by atoms with E-state index in [0.29, 0.717) is 36.0 Å². The SMILES string of the molecule is CCCOc1ccccc1[C@H]1CC(=O)Nc2cc(OC)c(OC)c(OC)c21. The van der Waals surface area contributed by atoms with Crippen molar-refractivity contribution in [1.29, 1.82) is 0 Å². The van der Waals surface area contributed by atoms with Crippen LogP contribution in [0.3, 0.4) is 0 Å². The molecule has 1 aliphatic rings. The summed E-state index contributed by atoms with van der Waals surface area (Å²) in [4.78, 5) is 12.4. The van der Waals surface area contributed by atoms with E-state index in [1.165, 1.54) is 0 Å². The lowest BCUT2D eigenvalue weighted by atomic mass is 9.83. The number of carbonyl (C=O) groups is 1. The smallest absolute Gasteiger partial charge is 0.225 e. The summed E-state index contributed by atoms with van der Waals surface area (Å²) in [6.07, 6.45) is 1.20. The van der Waals surface area contributed by atoms with Gasteiger partial charge in [0, 0.05) is 29.5 Å². The molecule has 6 nitrogen and oxygen atoms in total. The Hall–Kier alpha value is -2.89. The molecule has 27 heavy (non-hydrogen) atoms. The van der Waals surface area contributed by atoms with Crippen LogP contribution in [0.4, 0.5) is 5.69 Å². The average Bonchev–Trinajstić information content (AvgIpc) is 2.70. The van der Waals surface area contributed by atoms with Gasteiger partial charge in [-0.05, 0) is 12.5 Å². The number of para-hydroxylation sites is 1. The number of hydrogen-bond donors (Lipinski definition) is 1. The molecule has 1 heterocycles. The van der Waals surface area contributed by atoms with E-state index in [2.05, 4.69) is 12.2 Å². The monoisotopic (exact) mass is 371 g/mol. The van der Waals surface area contributed by atoms with Crippen molar-refractivity contribution >= 4 is 11.6 Å². The van der Waals surface area contributed by atoms with Gasteiger partial charge >= 0.3 is 0 Å². The molecule has 144 valence electrons. The number of fused-ring (bicyclic) bond motifs is 1. The van der Waals surface area contributed by atoms with Gasteiger partial charge in [-0.3, -0.25) is 4.79 Å². The number of nitrogens with one attached hydrogen (secondary N) is 1. The van der Waals surface area contributed by atoms with Crippen LogP contribution in [-0.2, 0) is 4.79 Å². The van der Waals surface area contributed by atoms with Gasteiger partial charge in [-0.1, -0.05) is 25.1 Å². The third kappa shape index (κ3) is 3.52. The number of ether oxygens (including phenoxy) is 4. The Morgan fingerprint density at radius 3 is 2.44 bits per heavy atom. The van der Waals surface area contributed by atoms with Crippen molar-refractivity contribution in [2.45, 2.75) is 25.7 Å². The maximum Gasteiger partial charge on any atom is 0.225 e. The molecule has 0 unspecified atom stereocenters. The summed E-state index contributed by atoms with van der Waals surface area (Å²) in [6.45, 7) is 2.68. The quantitative estimate of drug-likeness (QED) is 0.798. The van der Waals surface area contributed by atoms with Gasteiger partial charge in [0.25, 0.3) is 0 Å². The maximum absolute atomic E-state index is 12.4. The zero-order valence-corrected chi connectivity index (χ0v) is 16.1. The number of amides is 1. The van der Waals surface area contributed by atoms with E-state index >= 15 is 0 Å². The predicted molar refractivity (Wildman–Crippen MR) is 103 cm³/mol. The van der Waals surface area contributed by atoms with Crippen LogP contribution in [0.5, 0.6) is 23.0 Å². The molecular formula is C21H25NO5. The first-order valence-electron chi connectivity index (χ1n) is 8.99. The Kier molecular flexibility index (Phi) is 5.74. The molecule has 0 aliphatic carbocycles. The van der Waals surface area contributed by atoms with Crippen LogP contribution in [-0.4, -0.2) is 33.8 Å². The van der Waals surface area contributed by atoms with Crippen LogP contribution in [0.2, 0.25) is 0 Å². The Labute approximate surface area is 159 Å². The zero-order chi connectivity index (χ0) is 19.4. The highest BCUT2D eigenvalue weighted by Gasteiger charge is 2.34. The Morgan fingerprint density at radius 2 is 1.78 bits per heavy atom. The molecule has 0 aromatic heterocycles. The van der Waals surface area contributed by atoms with Gasteiger partial charge in [0.15, 0.2) is 11.5 Å². The van der Waals surface area contributed by atoms with Gasteiger partial charge in [0.2, 0.25) is 11.7 Å². The molecule has 0 spiro atoms. The molecule has 2 aromatic rings. The highest BCUT2D eigenvalue weighted by molar-refractivity contribution is 5.97. The number of methoxy groups -OCH3 is 3. The van der Waals surface area contributed by atoms with E-state index in [1.807, 2.05) is 24.3 Å². The van der Waals surface area contributed by atoms with Crippen molar-refractivity contribution < 1.29 is 23.7 Å². The molecule has 0 bridgehead atoms. The first kappa shape index (κ1) is 18.9. The fourth-order valence-electron chi connectivity index (χ4n) is 3.49. The third-order valence-corrected chi connectivity index (χ3v) is 4.64. The van der Waals surface area contributed by atoms with Crippen LogP contribution in [0, 0.1) is 0 Å². The zero-order valence-electron chi connectivity index (χ0n) is 16.1. The molecule has 0 fully saturated rings. The summed E-state index contributed by atoms with van der Waals surface area (Å²) in [5, 5.41) is 2.93. The number of hydrogen-bond acceptors (Lipinski definition) is 5. The number of benzene rings is 2. The van der Waals surface area contributed by atoms with E-state index in [0.717, 1.165) is 23.3 Å². The lowest BCUT2D eigenvalue weighted by Crippen LogP contribution is -2.25. The van der Waals surface area contributed by atoms with Crippen molar-refractivity contribution in [2.75, 3.05) is 33.3 Å². The fourth-order valence-corrected chi connectivity index (χ4v) is 3.49. The van der Waals surface area contributed by atoms with Crippen LogP contribution >= 0.6 is 0 Å². The second-order valence-corrected chi connectivity index (χ2v) is 6.30. The minimum atomic E-state index is -0.212. The Morgan fingerprint density at radius 1 is 1.04 bits per heavy atom. The lowest BCUT2D eigenvalue weighted by Gasteiger charge is -2.30. The van der Waals surface area contributed by atoms with Crippen LogP contribution in [0.25, 0.3) is 0 Å². The predicted octanol–water partition coefficient (Wildman–Crippen LogP) is 3.98. The largest absolute Gasteiger partial charge is 0.493 e. The van der Waals surface area contributed by atoms with Crippen molar-refractivity contribution in [3.63, 3.8) is 0 Å². The summed E-state index contributed by atoms with van der Waals surface area (Å²) in [7, 11) is 4.71. The van der Waals surface area contributed by atoms with Crippen LogP contribution in [0.1, 0.15) is 36.8 Å². The van der Waals surface area contributed by atoms with E-state index in [9.17, 15) is 4.79 Å². The Bertz CT molecular complexity index is 834. The second-order valence-electron chi connectivity index (χ2n) is 6.30. The summed E-state index contributed by atoms with van der Waals surface area (Å²) in [5.41, 5.74) is 2.48. The molecule has 0 saturated carbocycles. The molecule has 0 radical (unpaired) electrons. The number of anilines is 1. The Balaban J connectivity index is 2.20. The second kappa shape index (κ2) is 8.20. The summed E-state index contributed by atoms with van der Waals surface area (Å²) >= 11 is 0. The van der Waals surface area contributed by atoms with Crippen LogP contribution in [0.15, 0.2) is 30.3 Å². The fraction of sp³-hybridized carbons (Fsp3) is 0.381. The van der Waals surface area contributed by atoms with Crippen molar-refractivity contribution in [2.24, 2.45) is 0 Å². The molecular weight excluding hydrogens is 346 g/mol. The van der Waals surface area contributed by atoms with Crippen LogP contribution < -0.4 is 24.3 Å². The first-order chi connectivity index (χ1) is 13.1. The summed E-state index contributed by atoms with van der Waals surface area (Å²) in [6, 6.07) is 9.59. The molecule has 3 rings (SSSR count). The molecule has 2 aromatic carbocycles. The van der Waals surface area contributed by atoms with Gasteiger partial charge in [0.1, 0.15) is 5.75 Å². The highest BCUT2D eigenvalue weighted by Crippen LogP contribution is 2.52. The van der Waals surface area contributed by atoms with E-state index in [-0.39, 0.29) is 11.8 Å². The summed E-state index contributed by atoms with van der Waals surface area (Å²) in [5.74, 6) is 2.07. The van der Waals surface area contributed by atoms with Crippen molar-refractivity contribution in [3.05, 3.63) is 41.5 Å². The van der Waals surface area contributed by atoms with E-state index in [1.54, 1.807) is 27.4 Å². The molecule has 1 amide bonds. The third-order valence-electron chi connectivity index (χ3n) is 4.64. The normalized spacial score (nSPS) is 15.6. The molecule has 0 saturated heterocycles. The molecule has 1 atom stereocenters. The van der Waals surface area contributed by atoms with Gasteiger partial charge in [-0.25, -0.2) is 0 Å².